The summed E-state index contributed by atoms with van der Waals surface area (Å²) in [6.45, 7) is 9.82. The Morgan fingerprint density at radius 3 is 2.42 bits per heavy atom. The van der Waals surface area contributed by atoms with Crippen LogP contribution in [-0.2, 0) is 14.3 Å². The number of hydrogen-bond donors (Lipinski definition) is 1. The van der Waals surface area contributed by atoms with Crippen molar-refractivity contribution < 1.29 is 19.1 Å². The van der Waals surface area contributed by atoms with E-state index in [4.69, 9.17) is 9.47 Å². The molecule has 1 amide bonds. The summed E-state index contributed by atoms with van der Waals surface area (Å²) in [4.78, 5) is 24.6. The van der Waals surface area contributed by atoms with E-state index >= 15 is 0 Å². The number of carbonyl (C=O) groups excluding carboxylic acids is 2. The number of hydrogen-bond acceptors (Lipinski definition) is 4. The van der Waals surface area contributed by atoms with Crippen LogP contribution in [0.15, 0.2) is 0 Å². The standard InChI is InChI=1S/C21H37NO4/c1-14(2)11-16-13-18(25-19(16)23)17(12-15-9-7-6-8-10-15)22-20(24)26-21(3,4)5/h14-18H,6-13H2,1-5H3,(H,22,24). The topological polar surface area (TPSA) is 64.6 Å². The normalized spacial score (nSPS) is 25.8. The van der Waals surface area contributed by atoms with E-state index < -0.39 is 11.7 Å². The van der Waals surface area contributed by atoms with Gasteiger partial charge >= 0.3 is 12.1 Å². The van der Waals surface area contributed by atoms with E-state index in [0.29, 0.717) is 18.3 Å². The van der Waals surface area contributed by atoms with Gasteiger partial charge in [-0.2, -0.15) is 0 Å². The lowest BCUT2D eigenvalue weighted by atomic mass is 9.82. The van der Waals surface area contributed by atoms with Crippen molar-refractivity contribution in [2.75, 3.05) is 0 Å². The molecule has 1 aliphatic carbocycles. The molecule has 2 rings (SSSR count). The molecule has 3 atom stereocenters. The zero-order valence-electron chi connectivity index (χ0n) is 17.2. The summed E-state index contributed by atoms with van der Waals surface area (Å²) in [6.07, 6.45) is 7.96. The predicted molar refractivity (Wildman–Crippen MR) is 102 cm³/mol. The van der Waals surface area contributed by atoms with Crippen molar-refractivity contribution >= 4 is 12.1 Å². The Hall–Kier alpha value is -1.26. The van der Waals surface area contributed by atoms with Gasteiger partial charge in [0, 0.05) is 0 Å². The van der Waals surface area contributed by atoms with Crippen LogP contribution in [0.2, 0.25) is 0 Å². The number of esters is 1. The minimum Gasteiger partial charge on any atom is -0.460 e. The van der Waals surface area contributed by atoms with Crippen LogP contribution < -0.4 is 5.32 Å². The van der Waals surface area contributed by atoms with Gasteiger partial charge in [-0.3, -0.25) is 4.79 Å². The van der Waals surface area contributed by atoms with Crippen molar-refractivity contribution in [1.29, 1.82) is 0 Å². The second-order valence-electron chi connectivity index (χ2n) is 9.53. The molecule has 0 spiro atoms. The fraction of sp³-hybridized carbons (Fsp3) is 0.905. The molecule has 0 aromatic heterocycles. The Morgan fingerprint density at radius 2 is 1.85 bits per heavy atom. The fourth-order valence-electron chi connectivity index (χ4n) is 4.22. The Bertz CT molecular complexity index is 477. The quantitative estimate of drug-likeness (QED) is 0.683. The maximum atomic E-state index is 12.3. The smallest absolute Gasteiger partial charge is 0.408 e. The van der Waals surface area contributed by atoms with Crippen molar-refractivity contribution in [3.05, 3.63) is 0 Å². The molecule has 26 heavy (non-hydrogen) atoms. The maximum Gasteiger partial charge on any atom is 0.408 e. The summed E-state index contributed by atoms with van der Waals surface area (Å²) < 4.78 is 11.1. The summed E-state index contributed by atoms with van der Waals surface area (Å²) >= 11 is 0. The number of amides is 1. The Morgan fingerprint density at radius 1 is 1.19 bits per heavy atom. The van der Waals surface area contributed by atoms with Crippen molar-refractivity contribution in [3.63, 3.8) is 0 Å². The van der Waals surface area contributed by atoms with E-state index in [1.54, 1.807) is 0 Å². The predicted octanol–water partition coefficient (Wildman–Crippen LogP) is 4.83. The van der Waals surface area contributed by atoms with E-state index in [1.807, 2.05) is 20.8 Å². The van der Waals surface area contributed by atoms with Crippen LogP contribution in [0.5, 0.6) is 0 Å². The fourth-order valence-corrected chi connectivity index (χ4v) is 4.22. The molecule has 5 nitrogen and oxygen atoms in total. The summed E-state index contributed by atoms with van der Waals surface area (Å²) in [5.74, 6) is 0.895. The summed E-state index contributed by atoms with van der Waals surface area (Å²) in [5.41, 5.74) is -0.536. The number of nitrogens with one attached hydrogen (secondary N) is 1. The second-order valence-corrected chi connectivity index (χ2v) is 9.53. The molecule has 2 fully saturated rings. The number of cyclic esters (lactones) is 1. The lowest BCUT2D eigenvalue weighted by Crippen LogP contribution is -2.46. The molecule has 1 saturated carbocycles. The average Bonchev–Trinajstić information content (AvgIpc) is 2.86. The van der Waals surface area contributed by atoms with Crippen molar-refractivity contribution in [3.8, 4) is 0 Å². The van der Waals surface area contributed by atoms with Crippen molar-refractivity contribution in [2.24, 2.45) is 17.8 Å². The van der Waals surface area contributed by atoms with E-state index in [-0.39, 0.29) is 24.0 Å². The highest BCUT2D eigenvalue weighted by Gasteiger charge is 2.40. The van der Waals surface area contributed by atoms with Crippen LogP contribution in [0.1, 0.15) is 86.0 Å². The molecule has 150 valence electrons. The van der Waals surface area contributed by atoms with Crippen molar-refractivity contribution in [2.45, 2.75) is 104 Å². The van der Waals surface area contributed by atoms with Gasteiger partial charge in [-0.05, 0) is 51.9 Å². The zero-order valence-corrected chi connectivity index (χ0v) is 17.2. The molecular weight excluding hydrogens is 330 g/mol. The van der Waals surface area contributed by atoms with Gasteiger partial charge in [0.15, 0.2) is 0 Å². The lowest BCUT2D eigenvalue weighted by Gasteiger charge is -2.31. The molecule has 1 saturated heterocycles. The molecule has 0 bridgehead atoms. The minimum atomic E-state index is -0.536. The molecule has 1 aliphatic heterocycles. The first-order valence-corrected chi connectivity index (χ1v) is 10.3. The first kappa shape index (κ1) is 21.0. The van der Waals surface area contributed by atoms with E-state index in [1.165, 1.54) is 32.1 Å². The van der Waals surface area contributed by atoms with Gasteiger partial charge in [0.05, 0.1) is 12.0 Å². The molecule has 0 radical (unpaired) electrons. The summed E-state index contributed by atoms with van der Waals surface area (Å²) in [6, 6.07) is -0.158. The van der Waals surface area contributed by atoms with E-state index in [9.17, 15) is 9.59 Å². The van der Waals surface area contributed by atoms with Gasteiger partial charge in [-0.25, -0.2) is 4.79 Å². The monoisotopic (exact) mass is 367 g/mol. The third-order valence-electron chi connectivity index (χ3n) is 5.34. The summed E-state index contributed by atoms with van der Waals surface area (Å²) in [5, 5.41) is 3.02. The van der Waals surface area contributed by atoms with Crippen LogP contribution in [0.25, 0.3) is 0 Å². The molecule has 1 heterocycles. The Kier molecular flexibility index (Phi) is 7.36. The number of ether oxygens (including phenoxy) is 2. The SMILES string of the molecule is CC(C)CC1CC(C(CC2CCCCC2)NC(=O)OC(C)(C)C)OC1=O. The zero-order chi connectivity index (χ0) is 19.3. The molecular formula is C21H37NO4. The maximum absolute atomic E-state index is 12.3. The van der Waals surface area contributed by atoms with Gasteiger partial charge < -0.3 is 14.8 Å². The molecule has 0 aromatic carbocycles. The number of carbonyl (C=O) groups is 2. The molecule has 3 unspecified atom stereocenters. The average molecular weight is 368 g/mol. The summed E-state index contributed by atoms with van der Waals surface area (Å²) in [7, 11) is 0. The highest BCUT2D eigenvalue weighted by molar-refractivity contribution is 5.75. The largest absolute Gasteiger partial charge is 0.460 e. The highest BCUT2D eigenvalue weighted by Crippen LogP contribution is 2.33. The second kappa shape index (κ2) is 9.09. The van der Waals surface area contributed by atoms with Gasteiger partial charge in [0.2, 0.25) is 0 Å². The molecule has 5 heteroatoms. The van der Waals surface area contributed by atoms with Gasteiger partial charge in [0.1, 0.15) is 11.7 Å². The van der Waals surface area contributed by atoms with E-state index in [2.05, 4.69) is 19.2 Å². The highest BCUT2D eigenvalue weighted by atomic mass is 16.6. The lowest BCUT2D eigenvalue weighted by molar-refractivity contribution is -0.145. The van der Waals surface area contributed by atoms with Crippen LogP contribution in [0.4, 0.5) is 4.79 Å². The third kappa shape index (κ3) is 6.81. The molecule has 0 aromatic rings. The Labute approximate surface area is 158 Å². The number of rotatable bonds is 6. The van der Waals surface area contributed by atoms with Crippen LogP contribution >= 0.6 is 0 Å². The minimum absolute atomic E-state index is 0.0470. The van der Waals surface area contributed by atoms with Crippen molar-refractivity contribution in [1.82, 2.24) is 5.32 Å². The van der Waals surface area contributed by atoms with Crippen LogP contribution in [0.3, 0.4) is 0 Å². The van der Waals surface area contributed by atoms with Gasteiger partial charge in [-0.1, -0.05) is 46.0 Å². The van der Waals surface area contributed by atoms with E-state index in [0.717, 1.165) is 12.8 Å². The van der Waals surface area contributed by atoms with Gasteiger partial charge in [-0.15, -0.1) is 0 Å². The number of alkyl carbamates (subject to hydrolysis) is 1. The molecule has 2 aliphatic rings. The van der Waals surface area contributed by atoms with Crippen LogP contribution in [0, 0.1) is 17.8 Å². The first-order valence-electron chi connectivity index (χ1n) is 10.3. The van der Waals surface area contributed by atoms with Crippen LogP contribution in [-0.4, -0.2) is 29.8 Å². The molecule has 1 N–H and O–H groups in total. The first-order chi connectivity index (χ1) is 12.1. The Balaban J connectivity index is 2.02. The van der Waals surface area contributed by atoms with Gasteiger partial charge in [0.25, 0.3) is 0 Å². The third-order valence-corrected chi connectivity index (χ3v) is 5.34.